The van der Waals surface area contributed by atoms with Crippen LogP contribution in [0.5, 0.6) is 0 Å². The first-order valence-corrected chi connectivity index (χ1v) is 8.94. The lowest BCUT2D eigenvalue weighted by molar-refractivity contribution is 0.0780. The Bertz CT molecular complexity index is 856. The summed E-state index contributed by atoms with van der Waals surface area (Å²) in [5.41, 5.74) is 2.15. The largest absolute Gasteiger partial charge is 0.336 e. The Morgan fingerprint density at radius 2 is 2.08 bits per heavy atom. The molecule has 0 spiro atoms. The number of halogens is 1. The van der Waals surface area contributed by atoms with Crippen LogP contribution < -0.4 is 0 Å². The molecule has 7 heteroatoms. The molecule has 25 heavy (non-hydrogen) atoms. The maximum atomic E-state index is 13.0. The lowest BCUT2D eigenvalue weighted by Gasteiger charge is -2.14. The van der Waals surface area contributed by atoms with Crippen molar-refractivity contribution < 1.29 is 9.18 Å². The first kappa shape index (κ1) is 17.3. The van der Waals surface area contributed by atoms with Gasteiger partial charge in [0.1, 0.15) is 11.5 Å². The number of nitrogens with zero attached hydrogens (tertiary/aromatic N) is 4. The van der Waals surface area contributed by atoms with Crippen molar-refractivity contribution in [3.8, 4) is 5.69 Å². The molecule has 0 saturated carbocycles. The van der Waals surface area contributed by atoms with E-state index < -0.39 is 0 Å². The van der Waals surface area contributed by atoms with E-state index in [1.165, 1.54) is 23.5 Å². The van der Waals surface area contributed by atoms with Crippen LogP contribution in [0, 0.1) is 5.82 Å². The van der Waals surface area contributed by atoms with Crippen molar-refractivity contribution in [3.05, 3.63) is 64.1 Å². The van der Waals surface area contributed by atoms with E-state index in [0.29, 0.717) is 12.2 Å². The second kappa shape index (κ2) is 7.57. The zero-order chi connectivity index (χ0) is 17.8. The second-order valence-corrected chi connectivity index (χ2v) is 6.75. The smallest absolute Gasteiger partial charge is 0.273 e. The van der Waals surface area contributed by atoms with Crippen molar-refractivity contribution in [1.82, 2.24) is 19.7 Å². The van der Waals surface area contributed by atoms with Gasteiger partial charge in [0, 0.05) is 30.7 Å². The number of aryl methyl sites for hydroxylation is 1. The summed E-state index contributed by atoms with van der Waals surface area (Å²) in [6, 6.07) is 6.10. The van der Waals surface area contributed by atoms with E-state index in [9.17, 15) is 9.18 Å². The van der Waals surface area contributed by atoms with Crippen LogP contribution in [-0.2, 0) is 13.0 Å². The third-order valence-electron chi connectivity index (χ3n) is 3.73. The zero-order valence-electron chi connectivity index (χ0n) is 14.1. The molecule has 0 bridgehead atoms. The molecule has 1 amide bonds. The Kier molecular flexibility index (Phi) is 5.23. The van der Waals surface area contributed by atoms with Gasteiger partial charge in [0.15, 0.2) is 0 Å². The highest BCUT2D eigenvalue weighted by atomic mass is 32.1. The summed E-state index contributed by atoms with van der Waals surface area (Å²) in [6.45, 7) is 2.52. The van der Waals surface area contributed by atoms with E-state index in [4.69, 9.17) is 0 Å². The quantitative estimate of drug-likeness (QED) is 0.675. The third kappa shape index (κ3) is 4.11. The van der Waals surface area contributed by atoms with Gasteiger partial charge in [0.2, 0.25) is 0 Å². The summed E-state index contributed by atoms with van der Waals surface area (Å²) in [7, 11) is 1.75. The minimum absolute atomic E-state index is 0.104. The highest BCUT2D eigenvalue weighted by Gasteiger charge is 2.16. The summed E-state index contributed by atoms with van der Waals surface area (Å²) in [5, 5.41) is 7.07. The molecule has 0 aliphatic carbocycles. The van der Waals surface area contributed by atoms with E-state index in [1.54, 1.807) is 35.0 Å². The zero-order valence-corrected chi connectivity index (χ0v) is 15.0. The molecular formula is C18H19FN4OS. The van der Waals surface area contributed by atoms with E-state index in [0.717, 1.165) is 29.1 Å². The molecule has 0 fully saturated rings. The summed E-state index contributed by atoms with van der Waals surface area (Å²) in [6.07, 6.45) is 5.45. The van der Waals surface area contributed by atoms with Gasteiger partial charge in [-0.2, -0.15) is 5.10 Å². The fourth-order valence-corrected chi connectivity index (χ4v) is 3.33. The van der Waals surface area contributed by atoms with Gasteiger partial charge >= 0.3 is 0 Å². The number of carbonyl (C=O) groups excluding carboxylic acids is 1. The highest BCUT2D eigenvalue weighted by molar-refractivity contribution is 7.09. The van der Waals surface area contributed by atoms with Crippen LogP contribution in [0.15, 0.2) is 42.0 Å². The molecule has 0 radical (unpaired) electrons. The standard InChI is InChI=1S/C18H19FN4OS/c1-3-4-17-21-16(12-25-17)18(24)22(2)10-13-9-20-23(11-13)15-7-5-14(19)6-8-15/h5-9,11-12H,3-4,10H2,1-2H3. The SMILES string of the molecule is CCCc1nc(C(=O)N(C)Cc2cnn(-c3ccc(F)cc3)c2)cs1. The van der Waals surface area contributed by atoms with E-state index in [2.05, 4.69) is 17.0 Å². The van der Waals surface area contributed by atoms with Crippen LogP contribution in [0.3, 0.4) is 0 Å². The molecule has 2 aromatic heterocycles. The minimum atomic E-state index is -0.285. The molecule has 3 rings (SSSR count). The predicted molar refractivity (Wildman–Crippen MR) is 95.4 cm³/mol. The van der Waals surface area contributed by atoms with E-state index in [-0.39, 0.29) is 11.7 Å². The number of aromatic nitrogens is 3. The number of rotatable bonds is 6. The Morgan fingerprint density at radius 3 is 2.80 bits per heavy atom. The maximum absolute atomic E-state index is 13.0. The maximum Gasteiger partial charge on any atom is 0.273 e. The van der Waals surface area contributed by atoms with E-state index >= 15 is 0 Å². The molecular weight excluding hydrogens is 339 g/mol. The van der Waals surface area contributed by atoms with Crippen molar-refractivity contribution in [2.24, 2.45) is 0 Å². The number of carbonyl (C=O) groups is 1. The molecule has 1 aromatic carbocycles. The average molecular weight is 358 g/mol. The monoisotopic (exact) mass is 358 g/mol. The topological polar surface area (TPSA) is 51.0 Å². The van der Waals surface area contributed by atoms with Gasteiger partial charge < -0.3 is 4.90 Å². The molecule has 0 N–H and O–H groups in total. The van der Waals surface area contributed by atoms with Crippen molar-refractivity contribution in [2.45, 2.75) is 26.3 Å². The fraction of sp³-hybridized carbons (Fsp3) is 0.278. The van der Waals surface area contributed by atoms with Gasteiger partial charge in [0.25, 0.3) is 5.91 Å². The minimum Gasteiger partial charge on any atom is -0.336 e. The van der Waals surface area contributed by atoms with Crippen molar-refractivity contribution in [3.63, 3.8) is 0 Å². The summed E-state index contributed by atoms with van der Waals surface area (Å²) in [5.74, 6) is -0.389. The number of amides is 1. The number of hydrogen-bond donors (Lipinski definition) is 0. The van der Waals surface area contributed by atoms with Gasteiger partial charge in [-0.1, -0.05) is 6.92 Å². The first-order valence-electron chi connectivity index (χ1n) is 8.06. The fourth-order valence-electron chi connectivity index (χ4n) is 2.46. The Balaban J connectivity index is 1.67. The van der Waals surface area contributed by atoms with Gasteiger partial charge in [-0.05, 0) is 37.1 Å². The van der Waals surface area contributed by atoms with Crippen LogP contribution in [0.2, 0.25) is 0 Å². The van der Waals surface area contributed by atoms with E-state index in [1.807, 2.05) is 11.6 Å². The molecule has 0 aliphatic rings. The molecule has 5 nitrogen and oxygen atoms in total. The predicted octanol–water partition coefficient (Wildman–Crippen LogP) is 3.69. The summed E-state index contributed by atoms with van der Waals surface area (Å²) < 4.78 is 14.7. The first-order chi connectivity index (χ1) is 12.1. The molecule has 0 unspecified atom stereocenters. The highest BCUT2D eigenvalue weighted by Crippen LogP contribution is 2.15. The number of benzene rings is 1. The van der Waals surface area contributed by atoms with Crippen LogP contribution in [0.25, 0.3) is 5.69 Å². The molecule has 0 atom stereocenters. The molecule has 0 aliphatic heterocycles. The lowest BCUT2D eigenvalue weighted by atomic mass is 10.3. The Labute approximate surface area is 149 Å². The second-order valence-electron chi connectivity index (χ2n) is 5.81. The van der Waals surface area contributed by atoms with Crippen LogP contribution in [-0.4, -0.2) is 32.6 Å². The van der Waals surface area contributed by atoms with Crippen molar-refractivity contribution in [1.29, 1.82) is 0 Å². The molecule has 3 aromatic rings. The number of thiazole rings is 1. The average Bonchev–Trinajstić information content (AvgIpc) is 3.25. The van der Waals surface area contributed by atoms with Crippen molar-refractivity contribution >= 4 is 17.2 Å². The van der Waals surface area contributed by atoms with Gasteiger partial charge in [-0.3, -0.25) is 4.79 Å². The summed E-state index contributed by atoms with van der Waals surface area (Å²) in [4.78, 5) is 18.5. The molecule has 2 heterocycles. The van der Waals surface area contributed by atoms with Gasteiger partial charge in [-0.25, -0.2) is 14.1 Å². The Morgan fingerprint density at radius 1 is 1.32 bits per heavy atom. The van der Waals surface area contributed by atoms with Gasteiger partial charge in [0.05, 0.1) is 16.9 Å². The summed E-state index contributed by atoms with van der Waals surface area (Å²) >= 11 is 1.52. The number of hydrogen-bond acceptors (Lipinski definition) is 4. The van der Waals surface area contributed by atoms with Crippen LogP contribution in [0.1, 0.15) is 34.4 Å². The Hall–Kier alpha value is -2.54. The lowest BCUT2D eigenvalue weighted by Crippen LogP contribution is -2.26. The molecule has 0 saturated heterocycles. The third-order valence-corrected chi connectivity index (χ3v) is 4.64. The normalized spacial score (nSPS) is 10.8. The van der Waals surface area contributed by atoms with Gasteiger partial charge in [-0.15, -0.1) is 11.3 Å². The van der Waals surface area contributed by atoms with Crippen LogP contribution >= 0.6 is 11.3 Å². The van der Waals surface area contributed by atoms with Crippen molar-refractivity contribution in [2.75, 3.05) is 7.05 Å². The van der Waals surface area contributed by atoms with Crippen LogP contribution in [0.4, 0.5) is 4.39 Å². The molecule has 130 valence electrons.